The molecule has 5 nitrogen and oxygen atoms in total. The van der Waals surface area contributed by atoms with Crippen LogP contribution in [0.3, 0.4) is 0 Å². The van der Waals surface area contributed by atoms with Gasteiger partial charge in [-0.2, -0.15) is 0 Å². The zero-order chi connectivity index (χ0) is 11.3. The van der Waals surface area contributed by atoms with Crippen LogP contribution in [-0.4, -0.2) is 24.1 Å². The van der Waals surface area contributed by atoms with E-state index in [-0.39, 0.29) is 11.7 Å². The van der Waals surface area contributed by atoms with E-state index >= 15 is 0 Å². The van der Waals surface area contributed by atoms with Crippen molar-refractivity contribution in [1.82, 2.24) is 9.97 Å². The molecule has 0 radical (unpaired) electrons. The van der Waals surface area contributed by atoms with E-state index < -0.39 is 10.0 Å². The second-order valence-corrected chi connectivity index (χ2v) is 5.14. The third kappa shape index (κ3) is 4.24. The molecular formula is C9H15N3O2S. The third-order valence-electron chi connectivity index (χ3n) is 1.81. The number of unbranched alkanes of at least 4 members (excludes halogenated alkanes) is 1. The second-order valence-electron chi connectivity index (χ2n) is 3.30. The van der Waals surface area contributed by atoms with Crippen molar-refractivity contribution in [3.8, 4) is 0 Å². The first-order valence-electron chi connectivity index (χ1n) is 4.83. The Hall–Kier alpha value is -1.17. The van der Waals surface area contributed by atoms with Crippen molar-refractivity contribution in [3.63, 3.8) is 0 Å². The van der Waals surface area contributed by atoms with Gasteiger partial charge >= 0.3 is 0 Å². The molecule has 1 N–H and O–H groups in total. The first kappa shape index (κ1) is 11.9. The number of hydrogen-bond donors (Lipinski definition) is 1. The molecule has 0 saturated heterocycles. The summed E-state index contributed by atoms with van der Waals surface area (Å²) in [6.07, 6.45) is 3.01. The molecule has 0 aromatic carbocycles. The van der Waals surface area contributed by atoms with Gasteiger partial charge in [-0.1, -0.05) is 13.3 Å². The summed E-state index contributed by atoms with van der Waals surface area (Å²) in [6, 6.07) is 1.71. The van der Waals surface area contributed by atoms with E-state index in [4.69, 9.17) is 0 Å². The fourth-order valence-electron chi connectivity index (χ4n) is 1.02. The van der Waals surface area contributed by atoms with E-state index in [0.29, 0.717) is 6.42 Å². The zero-order valence-corrected chi connectivity index (χ0v) is 9.71. The quantitative estimate of drug-likeness (QED) is 0.826. The van der Waals surface area contributed by atoms with Gasteiger partial charge < -0.3 is 0 Å². The van der Waals surface area contributed by atoms with E-state index in [9.17, 15) is 8.42 Å². The lowest BCUT2D eigenvalue weighted by molar-refractivity contribution is 0.597. The van der Waals surface area contributed by atoms with Crippen molar-refractivity contribution < 1.29 is 8.42 Å². The number of nitrogens with zero attached hydrogens (tertiary/aromatic N) is 2. The zero-order valence-electron chi connectivity index (χ0n) is 8.90. The SMILES string of the molecule is CCCCS(=O)(=O)Nc1nccc(C)n1. The van der Waals surface area contributed by atoms with E-state index in [1.54, 1.807) is 13.0 Å². The van der Waals surface area contributed by atoms with E-state index in [0.717, 1.165) is 12.1 Å². The number of hydrogen-bond acceptors (Lipinski definition) is 4. The van der Waals surface area contributed by atoms with Gasteiger partial charge in [0.25, 0.3) is 0 Å². The minimum atomic E-state index is -3.29. The maximum absolute atomic E-state index is 11.5. The molecule has 0 spiro atoms. The maximum atomic E-state index is 11.5. The molecule has 0 aliphatic carbocycles. The number of nitrogens with one attached hydrogen (secondary N) is 1. The Morgan fingerprint density at radius 1 is 1.47 bits per heavy atom. The van der Waals surface area contributed by atoms with Gasteiger partial charge in [0.05, 0.1) is 5.75 Å². The van der Waals surface area contributed by atoms with Crippen LogP contribution in [0.5, 0.6) is 0 Å². The molecule has 0 aliphatic heterocycles. The molecular weight excluding hydrogens is 214 g/mol. The fourth-order valence-corrected chi connectivity index (χ4v) is 2.17. The van der Waals surface area contributed by atoms with Crippen LogP contribution >= 0.6 is 0 Å². The van der Waals surface area contributed by atoms with E-state index in [1.807, 2.05) is 6.92 Å². The highest BCUT2D eigenvalue weighted by Gasteiger charge is 2.10. The molecule has 1 aromatic heterocycles. The molecule has 6 heteroatoms. The number of aryl methyl sites for hydroxylation is 1. The van der Waals surface area contributed by atoms with Gasteiger partial charge in [-0.25, -0.2) is 18.4 Å². The van der Waals surface area contributed by atoms with Gasteiger partial charge in [0.2, 0.25) is 16.0 Å². The molecule has 1 aromatic rings. The lowest BCUT2D eigenvalue weighted by Crippen LogP contribution is -2.18. The molecule has 1 rings (SSSR count). The molecule has 0 unspecified atom stereocenters. The Morgan fingerprint density at radius 2 is 2.20 bits per heavy atom. The Morgan fingerprint density at radius 3 is 2.80 bits per heavy atom. The predicted molar refractivity (Wildman–Crippen MR) is 59.1 cm³/mol. The average molecular weight is 229 g/mol. The third-order valence-corrected chi connectivity index (χ3v) is 3.13. The van der Waals surface area contributed by atoms with Crippen LogP contribution in [0, 0.1) is 6.92 Å². The summed E-state index contributed by atoms with van der Waals surface area (Å²) in [4.78, 5) is 7.80. The molecule has 0 atom stereocenters. The predicted octanol–water partition coefficient (Wildman–Crippen LogP) is 1.33. The number of aromatic nitrogens is 2. The van der Waals surface area contributed by atoms with E-state index in [2.05, 4.69) is 14.7 Å². The van der Waals surface area contributed by atoms with Crippen LogP contribution in [0.4, 0.5) is 5.95 Å². The standard InChI is InChI=1S/C9H15N3O2S/c1-3-4-7-15(13,14)12-9-10-6-5-8(2)11-9/h5-6H,3-4,7H2,1-2H3,(H,10,11,12). The van der Waals surface area contributed by atoms with Crippen LogP contribution < -0.4 is 4.72 Å². The molecule has 15 heavy (non-hydrogen) atoms. The summed E-state index contributed by atoms with van der Waals surface area (Å²) in [6.45, 7) is 3.73. The normalized spacial score (nSPS) is 11.3. The Balaban J connectivity index is 2.69. The van der Waals surface area contributed by atoms with E-state index in [1.165, 1.54) is 6.20 Å². The molecule has 0 fully saturated rings. The second kappa shape index (κ2) is 5.06. The van der Waals surface area contributed by atoms with Crippen molar-refractivity contribution in [1.29, 1.82) is 0 Å². The van der Waals surface area contributed by atoms with Gasteiger partial charge in [-0.05, 0) is 19.4 Å². The van der Waals surface area contributed by atoms with Crippen molar-refractivity contribution in [2.45, 2.75) is 26.7 Å². The summed E-state index contributed by atoms with van der Waals surface area (Å²) in [5, 5.41) is 0. The largest absolute Gasteiger partial charge is 0.251 e. The van der Waals surface area contributed by atoms with Gasteiger partial charge in [-0.3, -0.25) is 4.72 Å². The summed E-state index contributed by atoms with van der Waals surface area (Å²) < 4.78 is 25.3. The number of rotatable bonds is 5. The Kier molecular flexibility index (Phi) is 4.02. The lowest BCUT2D eigenvalue weighted by Gasteiger charge is -2.05. The van der Waals surface area contributed by atoms with Gasteiger partial charge in [0.1, 0.15) is 0 Å². The molecule has 0 amide bonds. The van der Waals surface area contributed by atoms with Crippen LogP contribution in [-0.2, 0) is 10.0 Å². The summed E-state index contributed by atoms with van der Waals surface area (Å²) in [7, 11) is -3.29. The molecule has 84 valence electrons. The molecule has 0 bridgehead atoms. The highest BCUT2D eigenvalue weighted by Crippen LogP contribution is 2.04. The highest BCUT2D eigenvalue weighted by molar-refractivity contribution is 7.92. The van der Waals surface area contributed by atoms with Crippen LogP contribution in [0.1, 0.15) is 25.5 Å². The smallest absolute Gasteiger partial charge is 0.236 e. The summed E-state index contributed by atoms with van der Waals surface area (Å²) in [5.41, 5.74) is 0.734. The van der Waals surface area contributed by atoms with Gasteiger partial charge in [-0.15, -0.1) is 0 Å². The van der Waals surface area contributed by atoms with Crippen molar-refractivity contribution in [3.05, 3.63) is 18.0 Å². The minimum absolute atomic E-state index is 0.112. The molecule has 0 saturated carbocycles. The van der Waals surface area contributed by atoms with Gasteiger partial charge in [0.15, 0.2) is 0 Å². The van der Waals surface area contributed by atoms with Crippen molar-refractivity contribution >= 4 is 16.0 Å². The monoisotopic (exact) mass is 229 g/mol. The fraction of sp³-hybridized carbons (Fsp3) is 0.556. The van der Waals surface area contributed by atoms with Crippen LogP contribution in [0.25, 0.3) is 0 Å². The summed E-state index contributed by atoms with van der Waals surface area (Å²) in [5.74, 6) is 0.256. The summed E-state index contributed by atoms with van der Waals surface area (Å²) >= 11 is 0. The Labute approximate surface area is 90.0 Å². The topological polar surface area (TPSA) is 72.0 Å². The first-order valence-corrected chi connectivity index (χ1v) is 6.49. The average Bonchev–Trinajstić information content (AvgIpc) is 2.14. The highest BCUT2D eigenvalue weighted by atomic mass is 32.2. The van der Waals surface area contributed by atoms with Crippen molar-refractivity contribution in [2.75, 3.05) is 10.5 Å². The molecule has 1 heterocycles. The van der Waals surface area contributed by atoms with Gasteiger partial charge in [0, 0.05) is 11.9 Å². The minimum Gasteiger partial charge on any atom is -0.251 e. The van der Waals surface area contributed by atoms with Crippen LogP contribution in [0.2, 0.25) is 0 Å². The number of anilines is 1. The Bertz CT molecular complexity index is 417. The molecule has 0 aliphatic rings. The lowest BCUT2D eigenvalue weighted by atomic mass is 10.4. The maximum Gasteiger partial charge on any atom is 0.236 e. The van der Waals surface area contributed by atoms with Crippen molar-refractivity contribution in [2.24, 2.45) is 0 Å². The number of sulfonamides is 1. The first-order chi connectivity index (χ1) is 7.03. The van der Waals surface area contributed by atoms with Crippen LogP contribution in [0.15, 0.2) is 12.3 Å².